The Kier molecular flexibility index (Phi) is 19.9. The predicted octanol–water partition coefficient (Wildman–Crippen LogP) is 2.17. The van der Waals surface area contributed by atoms with Gasteiger partial charge in [-0.15, -0.1) is 12.4 Å². The van der Waals surface area contributed by atoms with Crippen LogP contribution in [0, 0.1) is 0 Å². The first-order valence-electron chi connectivity index (χ1n) is 3.96. The number of unbranched alkanes of at least 4 members (excludes halogenated alkanes) is 2. The Morgan fingerprint density at radius 1 is 1.25 bits per heavy atom. The van der Waals surface area contributed by atoms with E-state index in [0.717, 1.165) is 19.3 Å². The topological polar surface area (TPSA) is 26.3 Å². The lowest BCUT2D eigenvalue weighted by molar-refractivity contribution is -0.143. The minimum Gasteiger partial charge on any atom is -0.466 e. The monoisotopic (exact) mass is 191 g/mol. The van der Waals surface area contributed by atoms with Gasteiger partial charge in [0.2, 0.25) is 0 Å². The van der Waals surface area contributed by atoms with Gasteiger partial charge in [-0.05, 0) is 13.3 Å². The molecule has 0 atom stereocenters. The SMILES string of the molecule is CCCCCC(=O)OCC.Cl.[B]. The molecule has 0 aromatic heterocycles. The van der Waals surface area contributed by atoms with E-state index in [0.29, 0.717) is 13.0 Å². The molecule has 0 aliphatic carbocycles. The van der Waals surface area contributed by atoms with Gasteiger partial charge < -0.3 is 4.74 Å². The Hall–Kier alpha value is -0.175. The molecule has 4 heteroatoms. The second-order valence-electron chi connectivity index (χ2n) is 2.26. The molecule has 0 spiro atoms. The fourth-order valence-electron chi connectivity index (χ4n) is 0.752. The van der Waals surface area contributed by atoms with Crippen molar-refractivity contribution < 1.29 is 9.53 Å². The van der Waals surface area contributed by atoms with E-state index >= 15 is 0 Å². The van der Waals surface area contributed by atoms with Gasteiger partial charge >= 0.3 is 5.97 Å². The van der Waals surface area contributed by atoms with E-state index in [-0.39, 0.29) is 26.8 Å². The predicted molar refractivity (Wildman–Crippen MR) is 53.8 cm³/mol. The molecule has 0 saturated carbocycles. The fraction of sp³-hybridized carbons (Fsp3) is 0.875. The van der Waals surface area contributed by atoms with Crippen molar-refractivity contribution in [2.75, 3.05) is 6.61 Å². The second-order valence-corrected chi connectivity index (χ2v) is 2.26. The molecule has 0 saturated heterocycles. The molecule has 0 fully saturated rings. The van der Waals surface area contributed by atoms with Gasteiger partial charge in [-0.3, -0.25) is 4.79 Å². The second kappa shape index (κ2) is 13.4. The highest BCUT2D eigenvalue weighted by Gasteiger charge is 1.98. The molecule has 0 aromatic rings. The minimum atomic E-state index is -0.0593. The summed E-state index contributed by atoms with van der Waals surface area (Å²) in [6, 6.07) is 0. The lowest BCUT2D eigenvalue weighted by atomic mass is 10.2. The standard InChI is InChI=1S/C8H16O2.B.ClH/c1-3-5-6-7-8(9)10-4-2;;/h3-7H2,1-2H3;;1H. The van der Waals surface area contributed by atoms with Crippen LogP contribution in [0.3, 0.4) is 0 Å². The summed E-state index contributed by atoms with van der Waals surface area (Å²) in [5, 5.41) is 0. The zero-order chi connectivity index (χ0) is 7.82. The molecule has 2 nitrogen and oxygen atoms in total. The van der Waals surface area contributed by atoms with Crippen LogP contribution in [0.1, 0.15) is 39.5 Å². The first-order valence-corrected chi connectivity index (χ1v) is 3.96. The molecule has 0 N–H and O–H groups in total. The van der Waals surface area contributed by atoms with Crippen molar-refractivity contribution >= 4 is 26.8 Å². The third-order valence-corrected chi connectivity index (χ3v) is 1.29. The third kappa shape index (κ3) is 12.5. The quantitative estimate of drug-likeness (QED) is 0.378. The minimum absolute atomic E-state index is 0. The van der Waals surface area contributed by atoms with E-state index in [1.165, 1.54) is 0 Å². The van der Waals surface area contributed by atoms with Gasteiger partial charge in [-0.2, -0.15) is 0 Å². The first-order chi connectivity index (χ1) is 4.81. The fourth-order valence-corrected chi connectivity index (χ4v) is 0.752. The van der Waals surface area contributed by atoms with E-state index in [1.807, 2.05) is 6.92 Å². The molecule has 0 bridgehead atoms. The molecule has 0 aliphatic heterocycles. The normalized spacial score (nSPS) is 7.83. The molecule has 0 rings (SSSR count). The molecule has 0 amide bonds. The number of carbonyl (C=O) groups excluding carboxylic acids is 1. The molecule has 0 aliphatic rings. The summed E-state index contributed by atoms with van der Waals surface area (Å²) in [6.07, 6.45) is 3.83. The van der Waals surface area contributed by atoms with Crippen LogP contribution in [-0.4, -0.2) is 21.0 Å². The van der Waals surface area contributed by atoms with Crippen molar-refractivity contribution in [2.24, 2.45) is 0 Å². The highest BCUT2D eigenvalue weighted by atomic mass is 35.5. The molecule has 0 aromatic carbocycles. The molecular formula is C8H17BClO2. The van der Waals surface area contributed by atoms with Gasteiger partial charge in [0.15, 0.2) is 0 Å². The van der Waals surface area contributed by atoms with Gasteiger partial charge in [0, 0.05) is 14.8 Å². The Bertz CT molecular complexity index is 99.1. The summed E-state index contributed by atoms with van der Waals surface area (Å²) in [7, 11) is 0. The molecule has 12 heavy (non-hydrogen) atoms. The van der Waals surface area contributed by atoms with Crippen LogP contribution >= 0.6 is 12.4 Å². The lowest BCUT2D eigenvalue weighted by Crippen LogP contribution is -2.02. The van der Waals surface area contributed by atoms with Crippen LogP contribution in [0.25, 0.3) is 0 Å². The summed E-state index contributed by atoms with van der Waals surface area (Å²) in [6.45, 7) is 4.45. The Balaban J connectivity index is -0.000000405. The van der Waals surface area contributed by atoms with Gasteiger partial charge in [-0.25, -0.2) is 0 Å². The number of hydrogen-bond acceptors (Lipinski definition) is 2. The average Bonchev–Trinajstić information content (AvgIpc) is 1.89. The van der Waals surface area contributed by atoms with Crippen LogP contribution in [0.15, 0.2) is 0 Å². The Labute approximate surface area is 83.0 Å². The van der Waals surface area contributed by atoms with E-state index in [9.17, 15) is 4.79 Å². The zero-order valence-electron chi connectivity index (χ0n) is 7.84. The number of halogens is 1. The van der Waals surface area contributed by atoms with Crippen LogP contribution in [-0.2, 0) is 9.53 Å². The smallest absolute Gasteiger partial charge is 0.305 e. The molecular weight excluding hydrogens is 174 g/mol. The van der Waals surface area contributed by atoms with Crippen molar-refractivity contribution in [1.82, 2.24) is 0 Å². The number of esters is 1. The maximum absolute atomic E-state index is 10.7. The van der Waals surface area contributed by atoms with Crippen LogP contribution in [0.2, 0.25) is 0 Å². The van der Waals surface area contributed by atoms with Crippen molar-refractivity contribution in [1.29, 1.82) is 0 Å². The van der Waals surface area contributed by atoms with Crippen molar-refractivity contribution in [3.05, 3.63) is 0 Å². The van der Waals surface area contributed by atoms with E-state index < -0.39 is 0 Å². The number of carbonyl (C=O) groups is 1. The molecule has 0 heterocycles. The largest absolute Gasteiger partial charge is 0.466 e. The maximum atomic E-state index is 10.7. The van der Waals surface area contributed by atoms with Crippen molar-refractivity contribution in [3.8, 4) is 0 Å². The Morgan fingerprint density at radius 3 is 2.25 bits per heavy atom. The summed E-state index contributed by atoms with van der Waals surface area (Å²) in [5.41, 5.74) is 0. The van der Waals surface area contributed by atoms with E-state index in [2.05, 4.69) is 6.92 Å². The summed E-state index contributed by atoms with van der Waals surface area (Å²) < 4.78 is 4.75. The van der Waals surface area contributed by atoms with Crippen LogP contribution in [0.4, 0.5) is 0 Å². The summed E-state index contributed by atoms with van der Waals surface area (Å²) in [5.74, 6) is -0.0593. The molecule has 3 radical (unpaired) electrons. The van der Waals surface area contributed by atoms with Gasteiger partial charge in [-0.1, -0.05) is 19.8 Å². The highest BCUT2D eigenvalue weighted by Crippen LogP contribution is 1.99. The highest BCUT2D eigenvalue weighted by molar-refractivity contribution is 5.85. The number of hydrogen-bond donors (Lipinski definition) is 0. The van der Waals surface area contributed by atoms with E-state index in [4.69, 9.17) is 4.74 Å². The van der Waals surface area contributed by atoms with Crippen molar-refractivity contribution in [2.45, 2.75) is 39.5 Å². The average molecular weight is 191 g/mol. The van der Waals surface area contributed by atoms with Gasteiger partial charge in [0.05, 0.1) is 6.61 Å². The number of rotatable bonds is 5. The maximum Gasteiger partial charge on any atom is 0.305 e. The van der Waals surface area contributed by atoms with Crippen LogP contribution in [0.5, 0.6) is 0 Å². The number of ether oxygens (including phenoxy) is 1. The summed E-state index contributed by atoms with van der Waals surface area (Å²) in [4.78, 5) is 10.7. The lowest BCUT2D eigenvalue weighted by Gasteiger charge is -1.99. The molecule has 71 valence electrons. The van der Waals surface area contributed by atoms with Gasteiger partial charge in [0.1, 0.15) is 0 Å². The zero-order valence-corrected chi connectivity index (χ0v) is 8.65. The summed E-state index contributed by atoms with van der Waals surface area (Å²) >= 11 is 0. The van der Waals surface area contributed by atoms with Crippen LogP contribution < -0.4 is 0 Å². The van der Waals surface area contributed by atoms with E-state index in [1.54, 1.807) is 0 Å². The third-order valence-electron chi connectivity index (χ3n) is 1.29. The van der Waals surface area contributed by atoms with Gasteiger partial charge in [0.25, 0.3) is 0 Å². The van der Waals surface area contributed by atoms with Crippen molar-refractivity contribution in [3.63, 3.8) is 0 Å². The Morgan fingerprint density at radius 2 is 1.83 bits per heavy atom. The first kappa shape index (κ1) is 17.8. The molecule has 0 unspecified atom stereocenters.